The Hall–Kier alpha value is -2.45. The SMILES string of the molecule is COC(=O)CCc1ccc(C(=O)NCC(C)Nc2nc3ccc(Br)cc3s2)cc1. The second kappa shape index (κ2) is 9.84. The number of fused-ring (bicyclic) bond motifs is 1. The molecule has 1 amide bonds. The topological polar surface area (TPSA) is 80.3 Å². The highest BCUT2D eigenvalue weighted by Crippen LogP contribution is 2.28. The lowest BCUT2D eigenvalue weighted by atomic mass is 10.1. The van der Waals surface area contributed by atoms with Gasteiger partial charge in [0.2, 0.25) is 0 Å². The minimum atomic E-state index is -0.242. The van der Waals surface area contributed by atoms with Gasteiger partial charge in [0.25, 0.3) is 5.91 Å². The first kappa shape index (κ1) is 21.3. The van der Waals surface area contributed by atoms with Crippen molar-refractivity contribution in [1.82, 2.24) is 10.3 Å². The monoisotopic (exact) mass is 475 g/mol. The van der Waals surface area contributed by atoms with Gasteiger partial charge in [0.1, 0.15) is 0 Å². The van der Waals surface area contributed by atoms with Crippen LogP contribution in [0.2, 0.25) is 0 Å². The molecule has 0 aliphatic heterocycles. The number of carbonyl (C=O) groups excluding carboxylic acids is 2. The van der Waals surface area contributed by atoms with E-state index in [1.165, 1.54) is 7.11 Å². The molecular formula is C21H22BrN3O3S. The molecule has 1 heterocycles. The van der Waals surface area contributed by atoms with Crippen molar-refractivity contribution in [2.75, 3.05) is 19.0 Å². The molecule has 152 valence electrons. The molecule has 0 fully saturated rings. The molecule has 0 aliphatic rings. The summed E-state index contributed by atoms with van der Waals surface area (Å²) < 4.78 is 6.77. The van der Waals surface area contributed by atoms with Gasteiger partial charge in [-0.15, -0.1) is 0 Å². The van der Waals surface area contributed by atoms with Crippen LogP contribution in [0.25, 0.3) is 10.2 Å². The number of carbonyl (C=O) groups is 2. The van der Waals surface area contributed by atoms with Gasteiger partial charge in [0.05, 0.1) is 17.3 Å². The number of methoxy groups -OCH3 is 1. The first-order valence-electron chi connectivity index (χ1n) is 9.21. The molecule has 0 spiro atoms. The molecule has 8 heteroatoms. The van der Waals surface area contributed by atoms with E-state index in [0.29, 0.717) is 24.9 Å². The number of thiazole rings is 1. The lowest BCUT2D eigenvalue weighted by Crippen LogP contribution is -2.34. The van der Waals surface area contributed by atoms with Gasteiger partial charge < -0.3 is 15.4 Å². The quantitative estimate of drug-likeness (QED) is 0.472. The van der Waals surface area contributed by atoms with E-state index in [-0.39, 0.29) is 17.9 Å². The number of hydrogen-bond donors (Lipinski definition) is 2. The fraction of sp³-hybridized carbons (Fsp3) is 0.286. The van der Waals surface area contributed by atoms with Crippen LogP contribution in [0.3, 0.4) is 0 Å². The highest BCUT2D eigenvalue weighted by Gasteiger charge is 2.11. The van der Waals surface area contributed by atoms with Crippen LogP contribution in [0.15, 0.2) is 46.9 Å². The van der Waals surface area contributed by atoms with Gasteiger partial charge >= 0.3 is 5.97 Å². The Morgan fingerprint density at radius 1 is 1.21 bits per heavy atom. The van der Waals surface area contributed by atoms with E-state index in [4.69, 9.17) is 0 Å². The van der Waals surface area contributed by atoms with Gasteiger partial charge in [-0.3, -0.25) is 9.59 Å². The smallest absolute Gasteiger partial charge is 0.305 e. The Bertz CT molecular complexity index is 1000. The number of hydrogen-bond acceptors (Lipinski definition) is 6. The van der Waals surface area contributed by atoms with E-state index in [9.17, 15) is 9.59 Å². The number of nitrogens with zero attached hydrogens (tertiary/aromatic N) is 1. The minimum absolute atomic E-state index is 0.0299. The molecule has 1 unspecified atom stereocenters. The van der Waals surface area contributed by atoms with Crippen LogP contribution in [0.5, 0.6) is 0 Å². The maximum atomic E-state index is 12.4. The van der Waals surface area contributed by atoms with Gasteiger partial charge in [-0.25, -0.2) is 4.98 Å². The summed E-state index contributed by atoms with van der Waals surface area (Å²) in [5.41, 5.74) is 2.53. The van der Waals surface area contributed by atoms with Crippen LogP contribution in [0.4, 0.5) is 5.13 Å². The highest BCUT2D eigenvalue weighted by atomic mass is 79.9. The zero-order valence-corrected chi connectivity index (χ0v) is 18.6. The largest absolute Gasteiger partial charge is 0.469 e. The minimum Gasteiger partial charge on any atom is -0.469 e. The summed E-state index contributed by atoms with van der Waals surface area (Å²) >= 11 is 5.05. The molecule has 2 N–H and O–H groups in total. The average Bonchev–Trinajstić information content (AvgIpc) is 3.11. The van der Waals surface area contributed by atoms with Crippen molar-refractivity contribution >= 4 is 54.5 Å². The number of esters is 1. The summed E-state index contributed by atoms with van der Waals surface area (Å²) in [6.07, 6.45) is 0.919. The third-order valence-corrected chi connectivity index (χ3v) is 5.79. The Labute approximate surface area is 181 Å². The standard InChI is InChI=1S/C21H22BrN3O3S/c1-13(24-21-25-17-9-8-16(22)11-18(17)29-21)12-23-20(27)15-6-3-14(4-7-15)5-10-19(26)28-2/h3-4,6-9,11,13H,5,10,12H2,1-2H3,(H,23,27)(H,24,25). The van der Waals surface area contributed by atoms with Crippen LogP contribution in [-0.2, 0) is 16.0 Å². The Kier molecular flexibility index (Phi) is 7.22. The van der Waals surface area contributed by atoms with Gasteiger partial charge in [-0.1, -0.05) is 39.4 Å². The Morgan fingerprint density at radius 2 is 1.97 bits per heavy atom. The number of anilines is 1. The summed E-state index contributed by atoms with van der Waals surface area (Å²) in [4.78, 5) is 28.1. The van der Waals surface area contributed by atoms with Crippen molar-refractivity contribution in [3.05, 3.63) is 58.1 Å². The number of ether oxygens (including phenoxy) is 1. The van der Waals surface area contributed by atoms with Crippen molar-refractivity contribution in [3.8, 4) is 0 Å². The molecule has 3 rings (SSSR count). The average molecular weight is 476 g/mol. The Morgan fingerprint density at radius 3 is 2.69 bits per heavy atom. The summed E-state index contributed by atoms with van der Waals surface area (Å²) in [6, 6.07) is 13.3. The van der Waals surface area contributed by atoms with Crippen LogP contribution in [0.1, 0.15) is 29.3 Å². The predicted molar refractivity (Wildman–Crippen MR) is 120 cm³/mol. The molecular weight excluding hydrogens is 454 g/mol. The lowest BCUT2D eigenvalue weighted by Gasteiger charge is -2.14. The van der Waals surface area contributed by atoms with Gasteiger partial charge in [-0.2, -0.15) is 0 Å². The summed E-state index contributed by atoms with van der Waals surface area (Å²) in [7, 11) is 1.38. The van der Waals surface area contributed by atoms with Crippen LogP contribution in [-0.4, -0.2) is 36.6 Å². The maximum Gasteiger partial charge on any atom is 0.305 e. The van der Waals surface area contributed by atoms with E-state index in [1.807, 2.05) is 37.3 Å². The molecule has 0 saturated carbocycles. The molecule has 0 radical (unpaired) electrons. The second-order valence-electron chi connectivity index (χ2n) is 6.66. The number of aromatic nitrogens is 1. The van der Waals surface area contributed by atoms with E-state index in [0.717, 1.165) is 25.4 Å². The molecule has 0 bridgehead atoms. The van der Waals surface area contributed by atoms with Crippen LogP contribution in [0, 0.1) is 0 Å². The molecule has 0 aliphatic carbocycles. The number of benzene rings is 2. The van der Waals surface area contributed by atoms with E-state index >= 15 is 0 Å². The summed E-state index contributed by atoms with van der Waals surface area (Å²) in [5, 5.41) is 7.10. The summed E-state index contributed by atoms with van der Waals surface area (Å²) in [5.74, 6) is -0.375. The lowest BCUT2D eigenvalue weighted by molar-refractivity contribution is -0.140. The molecule has 0 saturated heterocycles. The van der Waals surface area contributed by atoms with Gasteiger partial charge in [-0.05, 0) is 49.2 Å². The second-order valence-corrected chi connectivity index (χ2v) is 8.61. The van der Waals surface area contributed by atoms with Crippen molar-refractivity contribution < 1.29 is 14.3 Å². The van der Waals surface area contributed by atoms with Crippen molar-refractivity contribution in [2.24, 2.45) is 0 Å². The number of nitrogens with one attached hydrogen (secondary N) is 2. The van der Waals surface area contributed by atoms with Crippen LogP contribution < -0.4 is 10.6 Å². The third-order valence-electron chi connectivity index (χ3n) is 4.35. The number of amides is 1. The first-order valence-corrected chi connectivity index (χ1v) is 10.8. The highest BCUT2D eigenvalue weighted by molar-refractivity contribution is 9.10. The molecule has 1 aromatic heterocycles. The van der Waals surface area contributed by atoms with E-state index < -0.39 is 0 Å². The van der Waals surface area contributed by atoms with E-state index in [2.05, 4.69) is 36.3 Å². The van der Waals surface area contributed by atoms with Crippen molar-refractivity contribution in [1.29, 1.82) is 0 Å². The predicted octanol–water partition coefficient (Wildman–Crippen LogP) is 4.39. The Balaban J connectivity index is 1.49. The van der Waals surface area contributed by atoms with Gasteiger partial charge in [0.15, 0.2) is 5.13 Å². The molecule has 29 heavy (non-hydrogen) atoms. The van der Waals surface area contributed by atoms with Crippen LogP contribution >= 0.6 is 27.3 Å². The normalized spacial score (nSPS) is 11.8. The molecule has 6 nitrogen and oxygen atoms in total. The number of rotatable bonds is 8. The fourth-order valence-electron chi connectivity index (χ4n) is 2.74. The zero-order valence-electron chi connectivity index (χ0n) is 16.2. The maximum absolute atomic E-state index is 12.4. The molecule has 3 aromatic rings. The van der Waals surface area contributed by atoms with Crippen molar-refractivity contribution in [3.63, 3.8) is 0 Å². The molecule has 2 aromatic carbocycles. The van der Waals surface area contributed by atoms with Gasteiger partial charge in [0, 0.05) is 29.0 Å². The first-order chi connectivity index (χ1) is 13.9. The van der Waals surface area contributed by atoms with E-state index in [1.54, 1.807) is 23.5 Å². The third kappa shape index (κ3) is 6.01. The van der Waals surface area contributed by atoms with Crippen molar-refractivity contribution in [2.45, 2.75) is 25.8 Å². The number of aryl methyl sites for hydroxylation is 1. The number of halogens is 1. The molecule has 1 atom stereocenters. The summed E-state index contributed by atoms with van der Waals surface area (Å²) in [6.45, 7) is 2.47. The fourth-order valence-corrected chi connectivity index (χ4v) is 4.27. The zero-order chi connectivity index (χ0) is 20.8.